The number of hydrogen-bond donors (Lipinski definition) is 2. The standard InChI is InChI=1S/C17H32N2O3/c1-17(2,3)22-16(21)19-11-5-4-9-15(19)13-7-6-8-14(13)18-10-12-20/h13-15,18,20H,4-12H2,1-3H3. The van der Waals surface area contributed by atoms with Crippen LogP contribution in [0.1, 0.15) is 59.3 Å². The van der Waals surface area contributed by atoms with E-state index in [4.69, 9.17) is 9.84 Å². The van der Waals surface area contributed by atoms with E-state index in [1.165, 1.54) is 12.8 Å². The van der Waals surface area contributed by atoms with Crippen LogP contribution in [0.25, 0.3) is 0 Å². The number of nitrogens with zero attached hydrogens (tertiary/aromatic N) is 1. The Morgan fingerprint density at radius 3 is 2.68 bits per heavy atom. The second-order valence-electron chi connectivity index (χ2n) is 7.62. The van der Waals surface area contributed by atoms with Crippen molar-refractivity contribution in [2.75, 3.05) is 19.7 Å². The Morgan fingerprint density at radius 1 is 1.23 bits per heavy atom. The number of carbonyl (C=O) groups is 1. The first-order valence-electron chi connectivity index (χ1n) is 8.76. The lowest BCUT2D eigenvalue weighted by atomic mass is 9.87. The maximum atomic E-state index is 12.5. The molecular weight excluding hydrogens is 280 g/mol. The summed E-state index contributed by atoms with van der Waals surface area (Å²) in [6.45, 7) is 7.38. The fourth-order valence-electron chi connectivity index (χ4n) is 3.90. The van der Waals surface area contributed by atoms with Crippen LogP contribution in [0, 0.1) is 5.92 Å². The van der Waals surface area contributed by atoms with Gasteiger partial charge in [0.05, 0.1) is 6.61 Å². The molecule has 3 atom stereocenters. The molecule has 2 aliphatic rings. The van der Waals surface area contributed by atoms with Gasteiger partial charge in [0.25, 0.3) is 0 Å². The minimum atomic E-state index is -0.441. The molecule has 1 aliphatic heterocycles. The summed E-state index contributed by atoms with van der Waals surface area (Å²) < 4.78 is 5.61. The smallest absolute Gasteiger partial charge is 0.410 e. The number of rotatable bonds is 4. The van der Waals surface area contributed by atoms with E-state index in [1.54, 1.807) is 0 Å². The largest absolute Gasteiger partial charge is 0.444 e. The molecule has 0 aromatic rings. The molecule has 22 heavy (non-hydrogen) atoms. The van der Waals surface area contributed by atoms with Crippen molar-refractivity contribution >= 4 is 6.09 Å². The molecule has 2 fully saturated rings. The minimum absolute atomic E-state index is 0.162. The maximum Gasteiger partial charge on any atom is 0.410 e. The molecule has 0 spiro atoms. The number of likely N-dealkylation sites (tertiary alicyclic amines) is 1. The summed E-state index contributed by atoms with van der Waals surface area (Å²) >= 11 is 0. The van der Waals surface area contributed by atoms with Crippen molar-refractivity contribution in [3.8, 4) is 0 Å². The molecule has 5 heteroatoms. The van der Waals surface area contributed by atoms with Gasteiger partial charge in [0, 0.05) is 25.2 Å². The van der Waals surface area contributed by atoms with Crippen LogP contribution in [0.4, 0.5) is 4.79 Å². The number of ether oxygens (including phenoxy) is 1. The summed E-state index contributed by atoms with van der Waals surface area (Å²) in [7, 11) is 0. The van der Waals surface area contributed by atoms with Gasteiger partial charge in [-0.3, -0.25) is 0 Å². The molecule has 0 aromatic carbocycles. The summed E-state index contributed by atoms with van der Waals surface area (Å²) in [5, 5.41) is 12.5. The molecule has 1 aliphatic carbocycles. The van der Waals surface area contributed by atoms with E-state index in [9.17, 15) is 4.79 Å². The molecule has 5 nitrogen and oxygen atoms in total. The predicted octanol–water partition coefficient (Wildman–Crippen LogP) is 2.53. The third-order valence-electron chi connectivity index (χ3n) is 4.76. The third kappa shape index (κ3) is 4.59. The van der Waals surface area contributed by atoms with E-state index in [0.29, 0.717) is 18.5 Å². The van der Waals surface area contributed by atoms with Crippen molar-refractivity contribution in [1.29, 1.82) is 0 Å². The van der Waals surface area contributed by atoms with Gasteiger partial charge in [-0.15, -0.1) is 0 Å². The van der Waals surface area contributed by atoms with E-state index in [-0.39, 0.29) is 18.7 Å². The van der Waals surface area contributed by atoms with Crippen LogP contribution in [0.3, 0.4) is 0 Å². The topological polar surface area (TPSA) is 61.8 Å². The lowest BCUT2D eigenvalue weighted by Gasteiger charge is -2.41. The first kappa shape index (κ1) is 17.5. The number of nitrogens with one attached hydrogen (secondary N) is 1. The summed E-state index contributed by atoms with van der Waals surface area (Å²) in [5.74, 6) is 0.486. The Labute approximate surface area is 134 Å². The van der Waals surface area contributed by atoms with Crippen LogP contribution in [0.15, 0.2) is 0 Å². The van der Waals surface area contributed by atoms with E-state index in [1.807, 2.05) is 25.7 Å². The predicted molar refractivity (Wildman–Crippen MR) is 86.8 cm³/mol. The van der Waals surface area contributed by atoms with Crippen molar-refractivity contribution in [3.05, 3.63) is 0 Å². The molecular formula is C17H32N2O3. The van der Waals surface area contributed by atoms with E-state index >= 15 is 0 Å². The molecule has 3 unspecified atom stereocenters. The van der Waals surface area contributed by atoms with Gasteiger partial charge in [-0.05, 0) is 58.8 Å². The number of amides is 1. The quantitative estimate of drug-likeness (QED) is 0.837. The Balaban J connectivity index is 2.03. The summed E-state index contributed by atoms with van der Waals surface area (Å²) in [6, 6.07) is 0.697. The van der Waals surface area contributed by atoms with Gasteiger partial charge in [0.15, 0.2) is 0 Å². The van der Waals surface area contributed by atoms with Gasteiger partial charge < -0.3 is 20.1 Å². The lowest BCUT2D eigenvalue weighted by molar-refractivity contribution is -0.000189. The first-order chi connectivity index (χ1) is 10.4. The Morgan fingerprint density at radius 2 is 2.00 bits per heavy atom. The van der Waals surface area contributed by atoms with E-state index in [0.717, 1.165) is 32.2 Å². The van der Waals surface area contributed by atoms with Crippen LogP contribution < -0.4 is 5.32 Å². The number of carbonyl (C=O) groups excluding carboxylic acids is 1. The molecule has 1 saturated heterocycles. The van der Waals surface area contributed by atoms with Crippen LogP contribution in [0.5, 0.6) is 0 Å². The van der Waals surface area contributed by atoms with Gasteiger partial charge in [-0.25, -0.2) is 4.79 Å². The van der Waals surface area contributed by atoms with Crippen LogP contribution >= 0.6 is 0 Å². The van der Waals surface area contributed by atoms with Gasteiger partial charge in [0.1, 0.15) is 5.60 Å². The molecule has 2 rings (SSSR count). The second kappa shape index (κ2) is 7.64. The summed E-state index contributed by atoms with van der Waals surface area (Å²) in [4.78, 5) is 14.5. The van der Waals surface area contributed by atoms with E-state index in [2.05, 4.69) is 5.32 Å². The van der Waals surface area contributed by atoms with Crippen molar-refractivity contribution < 1.29 is 14.6 Å². The van der Waals surface area contributed by atoms with Crippen molar-refractivity contribution in [2.24, 2.45) is 5.92 Å². The highest BCUT2D eigenvalue weighted by atomic mass is 16.6. The fraction of sp³-hybridized carbons (Fsp3) is 0.941. The number of aliphatic hydroxyl groups is 1. The lowest BCUT2D eigenvalue weighted by Crippen LogP contribution is -2.52. The Kier molecular flexibility index (Phi) is 6.09. The highest BCUT2D eigenvalue weighted by Gasteiger charge is 2.40. The molecule has 0 bridgehead atoms. The molecule has 128 valence electrons. The molecule has 1 amide bonds. The van der Waals surface area contributed by atoms with Gasteiger partial charge in [-0.2, -0.15) is 0 Å². The third-order valence-corrected chi connectivity index (χ3v) is 4.76. The maximum absolute atomic E-state index is 12.5. The van der Waals surface area contributed by atoms with Gasteiger partial charge in [-0.1, -0.05) is 6.42 Å². The molecule has 0 radical (unpaired) electrons. The zero-order chi connectivity index (χ0) is 16.2. The van der Waals surface area contributed by atoms with Crippen molar-refractivity contribution in [3.63, 3.8) is 0 Å². The molecule has 1 heterocycles. The highest BCUT2D eigenvalue weighted by molar-refractivity contribution is 5.68. The normalized spacial score (nSPS) is 29.6. The Bertz CT molecular complexity index is 367. The average molecular weight is 312 g/mol. The molecule has 2 N–H and O–H groups in total. The van der Waals surface area contributed by atoms with Crippen molar-refractivity contribution in [2.45, 2.75) is 77.0 Å². The monoisotopic (exact) mass is 312 g/mol. The van der Waals surface area contributed by atoms with Crippen LogP contribution in [0.2, 0.25) is 0 Å². The molecule has 0 aromatic heterocycles. The van der Waals surface area contributed by atoms with Gasteiger partial charge in [0.2, 0.25) is 0 Å². The SMILES string of the molecule is CC(C)(C)OC(=O)N1CCCCC1C1CCCC1NCCO. The second-order valence-corrected chi connectivity index (χ2v) is 7.62. The fourth-order valence-corrected chi connectivity index (χ4v) is 3.90. The summed E-state index contributed by atoms with van der Waals surface area (Å²) in [5.41, 5.74) is -0.441. The van der Waals surface area contributed by atoms with Crippen LogP contribution in [-0.2, 0) is 4.74 Å². The highest BCUT2D eigenvalue weighted by Crippen LogP contribution is 2.35. The number of aliphatic hydroxyl groups excluding tert-OH is 1. The summed E-state index contributed by atoms with van der Waals surface area (Å²) in [6.07, 6.45) is 6.67. The van der Waals surface area contributed by atoms with E-state index < -0.39 is 5.60 Å². The Hall–Kier alpha value is -0.810. The van der Waals surface area contributed by atoms with Gasteiger partial charge >= 0.3 is 6.09 Å². The molecule has 1 saturated carbocycles. The van der Waals surface area contributed by atoms with Crippen LogP contribution in [-0.4, -0.2) is 53.5 Å². The first-order valence-corrected chi connectivity index (χ1v) is 8.76. The van der Waals surface area contributed by atoms with Crippen molar-refractivity contribution in [1.82, 2.24) is 10.2 Å². The zero-order valence-corrected chi connectivity index (χ0v) is 14.3. The zero-order valence-electron chi connectivity index (χ0n) is 14.3. The average Bonchev–Trinajstić information content (AvgIpc) is 2.91. The number of piperidine rings is 1. The number of hydrogen-bond acceptors (Lipinski definition) is 4. The minimum Gasteiger partial charge on any atom is -0.444 e.